The molecule has 1 aromatic carbocycles. The van der Waals surface area contributed by atoms with Crippen LogP contribution in [0.5, 0.6) is 0 Å². The lowest BCUT2D eigenvalue weighted by molar-refractivity contribution is -0.146. The summed E-state index contributed by atoms with van der Waals surface area (Å²) >= 11 is 5.33. The second-order valence-corrected chi connectivity index (χ2v) is 12.9. The van der Waals surface area contributed by atoms with Gasteiger partial charge in [-0.2, -0.15) is 0 Å². The van der Waals surface area contributed by atoms with E-state index in [0.29, 0.717) is 67.9 Å². The van der Waals surface area contributed by atoms with Gasteiger partial charge in [0.25, 0.3) is 0 Å². The van der Waals surface area contributed by atoms with Crippen molar-refractivity contribution in [1.82, 2.24) is 20.0 Å². The summed E-state index contributed by atoms with van der Waals surface area (Å²) in [5.74, 6) is -7.34. The Morgan fingerprint density at radius 1 is 0.745 bits per heavy atom. The van der Waals surface area contributed by atoms with Crippen LogP contribution in [-0.4, -0.2) is 156 Å². The summed E-state index contributed by atoms with van der Waals surface area (Å²) in [4.78, 5) is 74.1. The quantitative estimate of drug-likeness (QED) is 0.0502. The van der Waals surface area contributed by atoms with Crippen molar-refractivity contribution in [2.24, 2.45) is 5.73 Å². The van der Waals surface area contributed by atoms with Crippen molar-refractivity contribution < 1.29 is 59.4 Å². The Morgan fingerprint density at radius 2 is 1.24 bits per heavy atom. The number of benzene rings is 1. The molecule has 51 heavy (non-hydrogen) atoms. The van der Waals surface area contributed by atoms with Gasteiger partial charge in [0.15, 0.2) is 5.11 Å². The maximum Gasteiger partial charge on any atom is 0.320 e. The minimum Gasteiger partial charge on any atom is -0.480 e. The number of unbranched alkanes of at least 4 members (excludes halogenated alkanes) is 1. The number of carbonyl (C=O) groups is 6. The van der Waals surface area contributed by atoms with E-state index in [0.717, 1.165) is 0 Å². The highest BCUT2D eigenvalue weighted by Crippen LogP contribution is 2.28. The first-order chi connectivity index (χ1) is 24.0. The number of carboxylic acids is 6. The van der Waals surface area contributed by atoms with E-state index in [9.17, 15) is 54.3 Å². The number of hydrogen-bond acceptors (Lipinski definition) is 11. The first-order valence-electron chi connectivity index (χ1n) is 16.5. The summed E-state index contributed by atoms with van der Waals surface area (Å²) in [6.45, 7) is -2.62. The lowest BCUT2D eigenvalue weighted by Crippen LogP contribution is -2.59. The molecule has 1 aliphatic carbocycles. The molecule has 284 valence electrons. The van der Waals surface area contributed by atoms with Gasteiger partial charge in [-0.15, -0.1) is 0 Å². The fourth-order valence-corrected chi connectivity index (χ4v) is 6.52. The second-order valence-electron chi connectivity index (χ2n) is 12.5. The molecule has 1 fully saturated rings. The predicted molar refractivity (Wildman–Crippen MR) is 187 cm³/mol. The molecular weight excluding hydrogens is 692 g/mol. The molecule has 0 aliphatic heterocycles. The number of nitrogens with one attached hydrogen (secondary N) is 2. The monoisotopic (exact) mass is 740 g/mol. The van der Waals surface area contributed by atoms with E-state index in [1.807, 2.05) is 0 Å². The number of anilines is 1. The molecular formula is C32H48N6O12S. The summed E-state index contributed by atoms with van der Waals surface area (Å²) in [6, 6.07) is 3.90. The van der Waals surface area contributed by atoms with Gasteiger partial charge in [-0.1, -0.05) is 25.0 Å². The highest BCUT2D eigenvalue weighted by Gasteiger charge is 2.38. The van der Waals surface area contributed by atoms with Crippen molar-refractivity contribution >= 4 is 58.8 Å². The third kappa shape index (κ3) is 16.4. The summed E-state index contributed by atoms with van der Waals surface area (Å²) in [7, 11) is 0. The van der Waals surface area contributed by atoms with Crippen LogP contribution in [0.4, 0.5) is 5.69 Å². The molecule has 0 saturated heterocycles. The molecule has 2 rings (SSSR count). The van der Waals surface area contributed by atoms with Crippen LogP contribution in [0.2, 0.25) is 0 Å². The van der Waals surface area contributed by atoms with Crippen molar-refractivity contribution in [2.45, 2.75) is 75.5 Å². The maximum absolute atomic E-state index is 12.1. The number of rotatable bonds is 24. The summed E-state index contributed by atoms with van der Waals surface area (Å²) in [5.41, 5.74) is 6.80. The van der Waals surface area contributed by atoms with Crippen molar-refractivity contribution in [3.05, 3.63) is 29.8 Å². The van der Waals surface area contributed by atoms with E-state index >= 15 is 0 Å². The molecule has 1 aliphatic rings. The highest BCUT2D eigenvalue weighted by molar-refractivity contribution is 7.80. The number of hydrogen-bond donors (Lipinski definition) is 9. The zero-order valence-corrected chi connectivity index (χ0v) is 29.0. The molecule has 18 nitrogen and oxygen atoms in total. The Kier molecular flexibility index (Phi) is 18.2. The molecule has 0 heterocycles. The summed E-state index contributed by atoms with van der Waals surface area (Å²) in [5, 5.41) is 63.5. The Bertz CT molecular complexity index is 1330. The minimum absolute atomic E-state index is 0.104. The van der Waals surface area contributed by atoms with Crippen LogP contribution >= 0.6 is 12.2 Å². The number of carboxylic acid groups (broad SMARTS) is 6. The van der Waals surface area contributed by atoms with Gasteiger partial charge < -0.3 is 47.0 Å². The molecule has 10 N–H and O–H groups in total. The number of thiocarbonyl (C=S) groups is 1. The third-order valence-corrected chi connectivity index (χ3v) is 8.76. The minimum atomic E-state index is -1.29. The highest BCUT2D eigenvalue weighted by atomic mass is 32.1. The SMILES string of the molecule is N[C@@H](CCCCNC(=S)Nc1ccc(C[C@H](CN(CC(=O)O)[C@H]2CCCC[C@@H]2N(CC(=O)O)CC(=O)O)N(CC(=O)O)CC(=O)O)cc1)C(=O)O. The molecule has 1 saturated carbocycles. The molecule has 0 radical (unpaired) electrons. The van der Waals surface area contributed by atoms with E-state index in [2.05, 4.69) is 10.6 Å². The van der Waals surface area contributed by atoms with Gasteiger partial charge in [0.2, 0.25) is 0 Å². The Hall–Kier alpha value is -4.43. The molecule has 0 aromatic heterocycles. The van der Waals surface area contributed by atoms with Crippen LogP contribution in [0.3, 0.4) is 0 Å². The number of nitrogens with zero attached hydrogens (tertiary/aromatic N) is 3. The smallest absolute Gasteiger partial charge is 0.320 e. The van der Waals surface area contributed by atoms with Crippen LogP contribution in [0, 0.1) is 0 Å². The number of aliphatic carboxylic acids is 6. The van der Waals surface area contributed by atoms with Gasteiger partial charge in [0, 0.05) is 36.9 Å². The summed E-state index contributed by atoms with van der Waals surface area (Å²) < 4.78 is 0. The zero-order chi connectivity index (χ0) is 38.1. The lowest BCUT2D eigenvalue weighted by Gasteiger charge is -2.45. The van der Waals surface area contributed by atoms with Crippen molar-refractivity contribution in [2.75, 3.05) is 51.1 Å². The molecule has 19 heteroatoms. The van der Waals surface area contributed by atoms with Crippen molar-refractivity contribution in [3.63, 3.8) is 0 Å². The van der Waals surface area contributed by atoms with Gasteiger partial charge in [-0.05, 0) is 68.4 Å². The zero-order valence-electron chi connectivity index (χ0n) is 28.2. The second kappa shape index (κ2) is 21.7. The Labute approximate surface area is 300 Å². The predicted octanol–water partition coefficient (Wildman–Crippen LogP) is 0.107. The molecule has 0 spiro atoms. The van der Waals surface area contributed by atoms with Crippen LogP contribution in [-0.2, 0) is 35.2 Å². The van der Waals surface area contributed by atoms with E-state index in [1.165, 1.54) is 9.80 Å². The maximum atomic E-state index is 12.1. The van der Waals surface area contributed by atoms with Gasteiger partial charge in [-0.25, -0.2) is 0 Å². The van der Waals surface area contributed by atoms with Gasteiger partial charge in [-0.3, -0.25) is 43.5 Å². The third-order valence-electron chi connectivity index (χ3n) is 8.51. The Morgan fingerprint density at radius 3 is 1.73 bits per heavy atom. The largest absolute Gasteiger partial charge is 0.480 e. The lowest BCUT2D eigenvalue weighted by atomic mass is 9.87. The van der Waals surface area contributed by atoms with Crippen LogP contribution in [0.1, 0.15) is 50.5 Å². The average molecular weight is 741 g/mol. The molecule has 4 atom stereocenters. The Balaban J connectivity index is 2.30. The van der Waals surface area contributed by atoms with Crippen LogP contribution < -0.4 is 16.4 Å². The molecule has 0 unspecified atom stereocenters. The van der Waals surface area contributed by atoms with Crippen LogP contribution in [0.15, 0.2) is 24.3 Å². The molecule has 0 amide bonds. The first kappa shape index (κ1) is 42.7. The van der Waals surface area contributed by atoms with Gasteiger partial charge in [0.1, 0.15) is 6.04 Å². The molecule has 0 bridgehead atoms. The average Bonchev–Trinajstić information content (AvgIpc) is 3.03. The summed E-state index contributed by atoms with van der Waals surface area (Å²) in [6.07, 6.45) is 3.83. The van der Waals surface area contributed by atoms with E-state index in [-0.39, 0.29) is 13.0 Å². The normalized spacial score (nSPS) is 17.1. The van der Waals surface area contributed by atoms with Crippen molar-refractivity contribution in [1.29, 1.82) is 0 Å². The van der Waals surface area contributed by atoms with Gasteiger partial charge >= 0.3 is 35.8 Å². The topological polar surface area (TPSA) is 284 Å². The van der Waals surface area contributed by atoms with E-state index in [4.69, 9.17) is 23.1 Å². The van der Waals surface area contributed by atoms with Crippen molar-refractivity contribution in [3.8, 4) is 0 Å². The first-order valence-corrected chi connectivity index (χ1v) is 16.9. The van der Waals surface area contributed by atoms with E-state index in [1.54, 1.807) is 29.2 Å². The fraction of sp³-hybridized carbons (Fsp3) is 0.594. The fourth-order valence-electron chi connectivity index (χ4n) is 6.30. The molecule has 1 aromatic rings. The number of nitrogens with two attached hydrogens (primary N) is 1. The van der Waals surface area contributed by atoms with Crippen LogP contribution in [0.25, 0.3) is 0 Å². The van der Waals surface area contributed by atoms with Gasteiger partial charge in [0.05, 0.1) is 32.7 Å². The standard InChI is InChI=1S/C32H48N6O12S/c33-23(31(49)50)5-3-4-12-34-32(51)35-21-10-8-20(9-11-21)13-22(36(15-26(39)40)16-27(41)42)14-37(17-28(43)44)24-6-1-2-7-25(24)38(18-29(45)46)19-30(47)48/h8-11,22-25H,1-7,12-19,33H2,(H,39,40)(H,41,42)(H,43,44)(H,45,46)(H,47,48)(H,49,50)(H2,34,35,51)/t22-,23+,24+,25+/m1/s1. The van der Waals surface area contributed by atoms with E-state index < -0.39 is 92.7 Å².